The lowest BCUT2D eigenvalue weighted by Gasteiger charge is -2.30. The van der Waals surface area contributed by atoms with Crippen molar-refractivity contribution >= 4 is 5.91 Å². The highest BCUT2D eigenvalue weighted by molar-refractivity contribution is 5.73. The highest BCUT2D eigenvalue weighted by atomic mass is 16.6. The summed E-state index contributed by atoms with van der Waals surface area (Å²) < 4.78 is 5.03. The molecule has 1 rings (SSSR count). The van der Waals surface area contributed by atoms with Crippen LogP contribution in [-0.2, 0) is 16.0 Å². The Bertz CT molecular complexity index is 367. The van der Waals surface area contributed by atoms with Crippen molar-refractivity contribution in [1.29, 1.82) is 0 Å². The van der Waals surface area contributed by atoms with E-state index in [1.54, 1.807) is 0 Å². The van der Waals surface area contributed by atoms with Gasteiger partial charge in [-0.25, -0.2) is 0 Å². The fourth-order valence-corrected chi connectivity index (χ4v) is 1.93. The third kappa shape index (κ3) is 5.29. The molecule has 4 nitrogen and oxygen atoms in total. The fourth-order valence-electron chi connectivity index (χ4n) is 1.93. The van der Waals surface area contributed by atoms with Crippen molar-refractivity contribution in [2.75, 3.05) is 13.4 Å². The summed E-state index contributed by atoms with van der Waals surface area (Å²) in [7, 11) is 0. The van der Waals surface area contributed by atoms with Crippen molar-refractivity contribution in [3.63, 3.8) is 0 Å². The number of benzene rings is 1. The zero-order chi connectivity index (χ0) is 13.4. The molecule has 1 amide bonds. The van der Waals surface area contributed by atoms with Crippen LogP contribution in [0.1, 0.15) is 25.8 Å². The van der Waals surface area contributed by atoms with Gasteiger partial charge in [-0.3, -0.25) is 4.79 Å². The van der Waals surface area contributed by atoms with Crippen molar-refractivity contribution in [2.24, 2.45) is 0 Å². The van der Waals surface area contributed by atoms with Crippen molar-refractivity contribution < 1.29 is 14.6 Å². The quantitative estimate of drug-likeness (QED) is 0.722. The molecule has 4 heteroatoms. The lowest BCUT2D eigenvalue weighted by molar-refractivity contribution is -0.122. The average molecular weight is 251 g/mol. The van der Waals surface area contributed by atoms with E-state index in [0.29, 0.717) is 6.61 Å². The molecule has 0 spiro atoms. The van der Waals surface area contributed by atoms with E-state index in [2.05, 4.69) is 17.4 Å². The molecule has 0 radical (unpaired) electrons. The van der Waals surface area contributed by atoms with Crippen LogP contribution in [0.2, 0.25) is 0 Å². The molecule has 0 fully saturated rings. The molecule has 0 saturated heterocycles. The maximum Gasteiger partial charge on any atom is 0.217 e. The summed E-state index contributed by atoms with van der Waals surface area (Å²) in [5.41, 5.74) is 0.766. The standard InChI is InChI=1S/C14H21NO3/c1-12(17)15-14(2,10-18-11-16)9-8-13-6-4-3-5-7-13/h3-7,16H,8-11H2,1-2H3,(H,15,17). The number of amides is 1. The van der Waals surface area contributed by atoms with E-state index in [0.717, 1.165) is 12.8 Å². The van der Waals surface area contributed by atoms with E-state index in [-0.39, 0.29) is 12.7 Å². The van der Waals surface area contributed by atoms with E-state index >= 15 is 0 Å². The zero-order valence-electron chi connectivity index (χ0n) is 11.0. The lowest BCUT2D eigenvalue weighted by atomic mass is 9.94. The van der Waals surface area contributed by atoms with Crippen molar-refractivity contribution in [3.05, 3.63) is 35.9 Å². The summed E-state index contributed by atoms with van der Waals surface area (Å²) in [6, 6.07) is 10.1. The SMILES string of the molecule is CC(=O)NC(C)(CCc1ccccc1)COCO. The number of nitrogens with one attached hydrogen (secondary N) is 1. The number of carbonyl (C=O) groups is 1. The van der Waals surface area contributed by atoms with E-state index < -0.39 is 5.54 Å². The monoisotopic (exact) mass is 251 g/mol. The van der Waals surface area contributed by atoms with Gasteiger partial charge in [0.25, 0.3) is 0 Å². The molecule has 1 aromatic rings. The number of rotatable bonds is 7. The van der Waals surface area contributed by atoms with Crippen molar-refractivity contribution in [3.8, 4) is 0 Å². The van der Waals surface area contributed by atoms with Gasteiger partial charge >= 0.3 is 0 Å². The molecule has 0 saturated carbocycles. The molecule has 0 aliphatic heterocycles. The highest BCUT2D eigenvalue weighted by Crippen LogP contribution is 2.15. The lowest BCUT2D eigenvalue weighted by Crippen LogP contribution is -2.49. The number of carbonyl (C=O) groups excluding carboxylic acids is 1. The van der Waals surface area contributed by atoms with Gasteiger partial charge in [-0.05, 0) is 25.3 Å². The van der Waals surface area contributed by atoms with Crippen LogP contribution in [0, 0.1) is 0 Å². The minimum absolute atomic E-state index is 0.0906. The number of hydrogen-bond acceptors (Lipinski definition) is 3. The summed E-state index contributed by atoms with van der Waals surface area (Å²) in [5.74, 6) is -0.0906. The van der Waals surface area contributed by atoms with Gasteiger partial charge < -0.3 is 15.2 Å². The second kappa shape index (κ2) is 7.13. The number of aliphatic hydroxyl groups is 1. The maximum absolute atomic E-state index is 11.2. The predicted molar refractivity (Wildman–Crippen MR) is 70.0 cm³/mol. The fraction of sp³-hybridized carbons (Fsp3) is 0.500. The molecule has 2 N–H and O–H groups in total. The van der Waals surface area contributed by atoms with Crippen molar-refractivity contribution in [2.45, 2.75) is 32.2 Å². The normalized spacial score (nSPS) is 13.9. The van der Waals surface area contributed by atoms with Gasteiger partial charge in [-0.15, -0.1) is 0 Å². The van der Waals surface area contributed by atoms with Crippen LogP contribution in [0.4, 0.5) is 0 Å². The average Bonchev–Trinajstić information content (AvgIpc) is 2.35. The van der Waals surface area contributed by atoms with Gasteiger partial charge in [0.1, 0.15) is 6.79 Å². The number of ether oxygens (including phenoxy) is 1. The van der Waals surface area contributed by atoms with Crippen LogP contribution in [0.3, 0.4) is 0 Å². The first-order valence-corrected chi connectivity index (χ1v) is 6.07. The summed E-state index contributed by atoms with van der Waals surface area (Å²) >= 11 is 0. The topological polar surface area (TPSA) is 58.6 Å². The minimum atomic E-state index is -0.454. The first-order chi connectivity index (χ1) is 8.56. The van der Waals surface area contributed by atoms with Gasteiger partial charge in [0.15, 0.2) is 0 Å². The Morgan fingerprint density at radius 3 is 2.61 bits per heavy atom. The molecule has 1 aromatic carbocycles. The van der Waals surface area contributed by atoms with Crippen LogP contribution in [0.15, 0.2) is 30.3 Å². The molecule has 100 valence electrons. The number of hydrogen-bond donors (Lipinski definition) is 2. The Hall–Kier alpha value is -1.39. The van der Waals surface area contributed by atoms with Crippen LogP contribution >= 0.6 is 0 Å². The van der Waals surface area contributed by atoms with Crippen LogP contribution in [0.5, 0.6) is 0 Å². The molecule has 18 heavy (non-hydrogen) atoms. The van der Waals surface area contributed by atoms with Gasteiger partial charge in [-0.1, -0.05) is 30.3 Å². The van der Waals surface area contributed by atoms with E-state index in [4.69, 9.17) is 9.84 Å². The predicted octanol–water partition coefficient (Wildman–Crippen LogP) is 1.48. The van der Waals surface area contributed by atoms with Gasteiger partial charge in [0, 0.05) is 6.92 Å². The summed E-state index contributed by atoms with van der Waals surface area (Å²) in [4.78, 5) is 11.2. The number of aliphatic hydroxyl groups excluding tert-OH is 1. The molecule has 0 heterocycles. The Labute approximate surface area is 108 Å². The first kappa shape index (κ1) is 14.7. The molecule has 0 aromatic heterocycles. The molecule has 1 unspecified atom stereocenters. The summed E-state index contributed by atoms with van der Waals surface area (Å²) in [5, 5.41) is 11.6. The summed E-state index contributed by atoms with van der Waals surface area (Å²) in [6.45, 7) is 3.38. The minimum Gasteiger partial charge on any atom is -0.371 e. The largest absolute Gasteiger partial charge is 0.371 e. The third-order valence-electron chi connectivity index (χ3n) is 2.80. The Kier molecular flexibility index (Phi) is 5.82. The van der Waals surface area contributed by atoms with Gasteiger partial charge in [-0.2, -0.15) is 0 Å². The maximum atomic E-state index is 11.2. The molecular weight excluding hydrogens is 230 g/mol. The van der Waals surface area contributed by atoms with Crippen LogP contribution < -0.4 is 5.32 Å². The third-order valence-corrected chi connectivity index (χ3v) is 2.80. The molecule has 0 aliphatic carbocycles. The van der Waals surface area contributed by atoms with Crippen LogP contribution in [0.25, 0.3) is 0 Å². The summed E-state index contributed by atoms with van der Waals surface area (Å²) in [6.07, 6.45) is 1.61. The Balaban J connectivity index is 2.57. The molecule has 1 atom stereocenters. The number of aryl methyl sites for hydroxylation is 1. The molecule has 0 aliphatic rings. The zero-order valence-corrected chi connectivity index (χ0v) is 11.0. The first-order valence-electron chi connectivity index (χ1n) is 6.07. The second-order valence-corrected chi connectivity index (χ2v) is 4.71. The molecular formula is C14H21NO3. The van der Waals surface area contributed by atoms with Gasteiger partial charge in [0.05, 0.1) is 12.1 Å². The smallest absolute Gasteiger partial charge is 0.217 e. The van der Waals surface area contributed by atoms with E-state index in [9.17, 15) is 4.79 Å². The van der Waals surface area contributed by atoms with Gasteiger partial charge in [0.2, 0.25) is 5.91 Å². The Morgan fingerprint density at radius 1 is 1.39 bits per heavy atom. The van der Waals surface area contributed by atoms with E-state index in [1.807, 2.05) is 25.1 Å². The highest BCUT2D eigenvalue weighted by Gasteiger charge is 2.25. The van der Waals surface area contributed by atoms with Crippen LogP contribution in [-0.4, -0.2) is 30.0 Å². The Morgan fingerprint density at radius 2 is 2.06 bits per heavy atom. The van der Waals surface area contributed by atoms with Crippen molar-refractivity contribution in [1.82, 2.24) is 5.32 Å². The van der Waals surface area contributed by atoms with E-state index in [1.165, 1.54) is 12.5 Å². The second-order valence-electron chi connectivity index (χ2n) is 4.71. The molecule has 0 bridgehead atoms.